The van der Waals surface area contributed by atoms with Gasteiger partial charge in [0.1, 0.15) is 17.7 Å². The molecule has 0 N–H and O–H groups in total. The summed E-state index contributed by atoms with van der Waals surface area (Å²) in [5.74, 6) is 1.10. The largest absolute Gasteiger partial charge is 0.496 e. The van der Waals surface area contributed by atoms with Gasteiger partial charge in [-0.25, -0.2) is 9.97 Å². The number of hydrogen-bond acceptors (Lipinski definition) is 5. The summed E-state index contributed by atoms with van der Waals surface area (Å²) in [7, 11) is 3.13. The van der Waals surface area contributed by atoms with E-state index in [1.165, 1.54) is 6.92 Å². The molecule has 0 aliphatic carbocycles. The van der Waals surface area contributed by atoms with Gasteiger partial charge in [-0.2, -0.15) is 0 Å². The maximum atomic E-state index is 11.5. The van der Waals surface area contributed by atoms with E-state index in [0.717, 1.165) is 16.9 Å². The van der Waals surface area contributed by atoms with Gasteiger partial charge in [0.05, 0.1) is 19.9 Å². The van der Waals surface area contributed by atoms with Gasteiger partial charge < -0.3 is 9.47 Å². The number of imidazole rings is 1. The highest BCUT2D eigenvalue weighted by atomic mass is 16.5. The van der Waals surface area contributed by atoms with Crippen LogP contribution in [0.5, 0.6) is 11.6 Å². The Labute approximate surface area is 127 Å². The van der Waals surface area contributed by atoms with Crippen LogP contribution in [0.15, 0.2) is 36.8 Å². The lowest BCUT2D eigenvalue weighted by molar-refractivity contribution is 0.101. The highest BCUT2D eigenvalue weighted by molar-refractivity contribution is 5.95. The SMILES string of the molecule is COc1cc2nc(-c3ccc(C(C)=O)cc3OC)cn2cn1. The zero-order chi connectivity index (χ0) is 15.7. The lowest BCUT2D eigenvalue weighted by Crippen LogP contribution is -1.95. The molecule has 0 aliphatic heterocycles. The van der Waals surface area contributed by atoms with Crippen molar-refractivity contribution in [1.29, 1.82) is 0 Å². The summed E-state index contributed by atoms with van der Waals surface area (Å²) in [5, 5.41) is 0. The summed E-state index contributed by atoms with van der Waals surface area (Å²) in [6.45, 7) is 1.53. The molecule has 0 fully saturated rings. The van der Waals surface area contributed by atoms with Gasteiger partial charge in [-0.15, -0.1) is 0 Å². The smallest absolute Gasteiger partial charge is 0.218 e. The molecule has 3 rings (SSSR count). The molecule has 0 spiro atoms. The monoisotopic (exact) mass is 297 g/mol. The number of benzene rings is 1. The van der Waals surface area contributed by atoms with Gasteiger partial charge in [-0.1, -0.05) is 6.07 Å². The summed E-state index contributed by atoms with van der Waals surface area (Å²) in [5.41, 5.74) is 2.88. The first kappa shape index (κ1) is 14.1. The van der Waals surface area contributed by atoms with Gasteiger partial charge in [0, 0.05) is 23.4 Å². The van der Waals surface area contributed by atoms with Crippen molar-refractivity contribution in [1.82, 2.24) is 14.4 Å². The molecule has 112 valence electrons. The van der Waals surface area contributed by atoms with Crippen molar-refractivity contribution in [2.75, 3.05) is 14.2 Å². The van der Waals surface area contributed by atoms with Crippen molar-refractivity contribution in [3.63, 3.8) is 0 Å². The standard InChI is InChI=1S/C16H15N3O3/c1-10(20)11-4-5-12(14(6-11)21-2)13-8-19-9-17-16(22-3)7-15(19)18-13/h4-9H,1-3H3. The number of Topliss-reactive ketones (excluding diaryl/α,β-unsaturated/α-hetero) is 1. The Morgan fingerprint density at radius 3 is 2.68 bits per heavy atom. The molecular formula is C16H15N3O3. The van der Waals surface area contributed by atoms with E-state index in [-0.39, 0.29) is 5.78 Å². The Kier molecular flexibility index (Phi) is 3.50. The van der Waals surface area contributed by atoms with E-state index in [9.17, 15) is 4.79 Å². The Bertz CT molecular complexity index is 855. The minimum absolute atomic E-state index is 0.00575. The van der Waals surface area contributed by atoms with Crippen LogP contribution in [0.3, 0.4) is 0 Å². The maximum absolute atomic E-state index is 11.5. The molecule has 2 heterocycles. The van der Waals surface area contributed by atoms with E-state index >= 15 is 0 Å². The molecule has 0 unspecified atom stereocenters. The van der Waals surface area contributed by atoms with Crippen LogP contribution in [-0.2, 0) is 0 Å². The van der Waals surface area contributed by atoms with E-state index in [1.54, 1.807) is 43.1 Å². The number of rotatable bonds is 4. The molecule has 2 aromatic heterocycles. The second-order valence-corrected chi connectivity index (χ2v) is 4.79. The van der Waals surface area contributed by atoms with Crippen molar-refractivity contribution in [3.8, 4) is 22.9 Å². The third-order valence-electron chi connectivity index (χ3n) is 3.42. The number of ether oxygens (including phenoxy) is 2. The number of aromatic nitrogens is 3. The fraction of sp³-hybridized carbons (Fsp3) is 0.188. The summed E-state index contributed by atoms with van der Waals surface area (Å²) in [6, 6.07) is 7.07. The molecule has 0 bridgehead atoms. The van der Waals surface area contributed by atoms with Crippen LogP contribution in [0.4, 0.5) is 0 Å². The van der Waals surface area contributed by atoms with Gasteiger partial charge >= 0.3 is 0 Å². The number of nitrogens with zero attached hydrogens (tertiary/aromatic N) is 3. The van der Waals surface area contributed by atoms with Gasteiger partial charge in [-0.3, -0.25) is 9.20 Å². The van der Waals surface area contributed by atoms with E-state index < -0.39 is 0 Å². The van der Waals surface area contributed by atoms with Gasteiger partial charge in [-0.05, 0) is 19.1 Å². The molecular weight excluding hydrogens is 282 g/mol. The third-order valence-corrected chi connectivity index (χ3v) is 3.42. The third kappa shape index (κ3) is 2.39. The molecule has 0 saturated heterocycles. The number of hydrogen-bond donors (Lipinski definition) is 0. The highest BCUT2D eigenvalue weighted by Crippen LogP contribution is 2.30. The fourth-order valence-corrected chi connectivity index (χ4v) is 2.24. The zero-order valence-corrected chi connectivity index (χ0v) is 12.5. The Balaban J connectivity index is 2.12. The van der Waals surface area contributed by atoms with Crippen LogP contribution in [0.25, 0.3) is 16.9 Å². The van der Waals surface area contributed by atoms with E-state index in [0.29, 0.717) is 17.2 Å². The van der Waals surface area contributed by atoms with E-state index in [2.05, 4.69) is 9.97 Å². The molecule has 1 aromatic carbocycles. The van der Waals surface area contributed by atoms with Crippen LogP contribution in [0, 0.1) is 0 Å². The van der Waals surface area contributed by atoms with Crippen molar-refractivity contribution in [3.05, 3.63) is 42.4 Å². The lowest BCUT2D eigenvalue weighted by Gasteiger charge is -2.07. The average molecular weight is 297 g/mol. The predicted molar refractivity (Wildman–Crippen MR) is 81.5 cm³/mol. The molecule has 6 heteroatoms. The second-order valence-electron chi connectivity index (χ2n) is 4.79. The Morgan fingerprint density at radius 2 is 2.00 bits per heavy atom. The molecule has 22 heavy (non-hydrogen) atoms. The van der Waals surface area contributed by atoms with Crippen LogP contribution in [0.1, 0.15) is 17.3 Å². The van der Waals surface area contributed by atoms with Gasteiger partial charge in [0.2, 0.25) is 5.88 Å². The number of carbonyl (C=O) groups is 1. The van der Waals surface area contributed by atoms with Crippen LogP contribution >= 0.6 is 0 Å². The zero-order valence-electron chi connectivity index (χ0n) is 12.5. The van der Waals surface area contributed by atoms with Crippen molar-refractivity contribution in [2.45, 2.75) is 6.92 Å². The molecule has 0 aliphatic rings. The lowest BCUT2D eigenvalue weighted by atomic mass is 10.1. The van der Waals surface area contributed by atoms with Crippen molar-refractivity contribution in [2.24, 2.45) is 0 Å². The van der Waals surface area contributed by atoms with E-state index in [1.807, 2.05) is 12.3 Å². The molecule has 0 amide bonds. The fourth-order valence-electron chi connectivity index (χ4n) is 2.24. The minimum Gasteiger partial charge on any atom is -0.496 e. The van der Waals surface area contributed by atoms with Crippen molar-refractivity contribution < 1.29 is 14.3 Å². The van der Waals surface area contributed by atoms with Crippen LogP contribution < -0.4 is 9.47 Å². The number of methoxy groups -OCH3 is 2. The second kappa shape index (κ2) is 5.48. The van der Waals surface area contributed by atoms with Gasteiger partial charge in [0.25, 0.3) is 0 Å². The molecule has 0 saturated carbocycles. The number of fused-ring (bicyclic) bond motifs is 1. The minimum atomic E-state index is -0.00575. The number of carbonyl (C=O) groups excluding carboxylic acids is 1. The van der Waals surface area contributed by atoms with Crippen LogP contribution in [-0.4, -0.2) is 34.4 Å². The highest BCUT2D eigenvalue weighted by Gasteiger charge is 2.13. The quantitative estimate of drug-likeness (QED) is 0.693. The van der Waals surface area contributed by atoms with Crippen molar-refractivity contribution >= 4 is 11.4 Å². The Hall–Kier alpha value is -2.89. The summed E-state index contributed by atoms with van der Waals surface area (Å²) >= 11 is 0. The molecule has 0 radical (unpaired) electrons. The molecule has 3 aromatic rings. The summed E-state index contributed by atoms with van der Waals surface area (Å²) in [4.78, 5) is 20.2. The topological polar surface area (TPSA) is 65.7 Å². The normalized spacial score (nSPS) is 10.7. The summed E-state index contributed by atoms with van der Waals surface area (Å²) in [6.07, 6.45) is 3.49. The first-order chi connectivity index (χ1) is 10.6. The summed E-state index contributed by atoms with van der Waals surface area (Å²) < 4.78 is 12.3. The Morgan fingerprint density at radius 1 is 1.18 bits per heavy atom. The van der Waals surface area contributed by atoms with Gasteiger partial charge in [0.15, 0.2) is 5.78 Å². The first-order valence-corrected chi connectivity index (χ1v) is 6.70. The maximum Gasteiger partial charge on any atom is 0.218 e. The molecule has 0 atom stereocenters. The van der Waals surface area contributed by atoms with E-state index in [4.69, 9.17) is 9.47 Å². The number of ketones is 1. The first-order valence-electron chi connectivity index (χ1n) is 6.70. The predicted octanol–water partition coefficient (Wildman–Crippen LogP) is 2.62. The van der Waals surface area contributed by atoms with Crippen LogP contribution in [0.2, 0.25) is 0 Å². The average Bonchev–Trinajstić information content (AvgIpc) is 2.96. The molecule has 6 nitrogen and oxygen atoms in total.